The Morgan fingerprint density at radius 2 is 1.95 bits per heavy atom. The fourth-order valence-corrected chi connectivity index (χ4v) is 2.06. The fourth-order valence-electron chi connectivity index (χ4n) is 2.06. The van der Waals surface area contributed by atoms with E-state index in [4.69, 9.17) is 9.15 Å². The molecule has 1 heterocycles. The van der Waals surface area contributed by atoms with Crippen LogP contribution in [0.1, 0.15) is 16.2 Å². The third-order valence-electron chi connectivity index (χ3n) is 3.11. The van der Waals surface area contributed by atoms with E-state index in [2.05, 4.69) is 10.3 Å². The van der Waals surface area contributed by atoms with Gasteiger partial charge in [-0.15, -0.1) is 0 Å². The Morgan fingerprint density at radius 1 is 1.19 bits per heavy atom. The lowest BCUT2D eigenvalue weighted by atomic mass is 10.2. The average molecular weight is 282 g/mol. The van der Waals surface area contributed by atoms with Crippen LogP contribution in [-0.2, 0) is 0 Å². The van der Waals surface area contributed by atoms with Crippen molar-refractivity contribution in [1.82, 2.24) is 4.98 Å². The number of amides is 1. The highest BCUT2D eigenvalue weighted by atomic mass is 16.5. The number of aromatic nitrogens is 1. The van der Waals surface area contributed by atoms with E-state index < -0.39 is 0 Å². The van der Waals surface area contributed by atoms with Gasteiger partial charge in [-0.05, 0) is 36.4 Å². The van der Waals surface area contributed by atoms with Crippen molar-refractivity contribution in [2.24, 2.45) is 0 Å². The van der Waals surface area contributed by atoms with E-state index in [0.717, 1.165) is 5.52 Å². The summed E-state index contributed by atoms with van der Waals surface area (Å²) in [5.41, 5.74) is 2.65. The van der Waals surface area contributed by atoms with E-state index in [1.807, 2.05) is 6.07 Å². The van der Waals surface area contributed by atoms with Crippen LogP contribution in [-0.4, -0.2) is 18.0 Å². The molecule has 0 atom stereocenters. The number of benzene rings is 2. The average Bonchev–Trinajstić information content (AvgIpc) is 2.86. The first-order chi connectivity index (χ1) is 10.2. The quantitative estimate of drug-likeness (QED) is 0.799. The number of aryl methyl sites for hydroxylation is 1. The van der Waals surface area contributed by atoms with Crippen LogP contribution in [0.4, 0.5) is 5.69 Å². The molecular weight excluding hydrogens is 268 g/mol. The number of oxazole rings is 1. The minimum absolute atomic E-state index is 0.187. The molecule has 2 aromatic carbocycles. The molecule has 0 aliphatic heterocycles. The normalized spacial score (nSPS) is 10.6. The number of anilines is 1. The van der Waals surface area contributed by atoms with Crippen LogP contribution in [0.3, 0.4) is 0 Å². The molecule has 0 aliphatic carbocycles. The van der Waals surface area contributed by atoms with Crippen molar-refractivity contribution >= 4 is 22.7 Å². The Kier molecular flexibility index (Phi) is 3.31. The Morgan fingerprint density at radius 3 is 2.67 bits per heavy atom. The Labute approximate surface area is 121 Å². The summed E-state index contributed by atoms with van der Waals surface area (Å²) >= 11 is 0. The molecule has 3 aromatic rings. The summed E-state index contributed by atoms with van der Waals surface area (Å²) in [6, 6.07) is 12.3. The highest BCUT2D eigenvalue weighted by Gasteiger charge is 2.08. The first-order valence-electron chi connectivity index (χ1n) is 6.48. The predicted octanol–water partition coefficient (Wildman–Crippen LogP) is 3.40. The minimum atomic E-state index is -0.187. The van der Waals surface area contributed by atoms with Gasteiger partial charge in [0, 0.05) is 24.2 Å². The maximum absolute atomic E-state index is 12.2. The van der Waals surface area contributed by atoms with Crippen LogP contribution in [0.2, 0.25) is 0 Å². The van der Waals surface area contributed by atoms with Crippen molar-refractivity contribution in [1.29, 1.82) is 0 Å². The lowest BCUT2D eigenvalue weighted by Gasteiger charge is -2.05. The van der Waals surface area contributed by atoms with Gasteiger partial charge in [0.25, 0.3) is 5.91 Å². The third kappa shape index (κ3) is 2.72. The zero-order chi connectivity index (χ0) is 14.8. The van der Waals surface area contributed by atoms with Gasteiger partial charge < -0.3 is 14.5 Å². The molecule has 1 N–H and O–H groups in total. The van der Waals surface area contributed by atoms with E-state index in [1.165, 1.54) is 0 Å². The van der Waals surface area contributed by atoms with Gasteiger partial charge in [-0.1, -0.05) is 0 Å². The second kappa shape index (κ2) is 5.28. The van der Waals surface area contributed by atoms with Gasteiger partial charge in [-0.25, -0.2) is 4.98 Å². The van der Waals surface area contributed by atoms with Gasteiger partial charge in [0.1, 0.15) is 11.3 Å². The predicted molar refractivity (Wildman–Crippen MR) is 79.7 cm³/mol. The molecule has 0 bridgehead atoms. The van der Waals surface area contributed by atoms with Crippen molar-refractivity contribution in [3.63, 3.8) is 0 Å². The van der Waals surface area contributed by atoms with Crippen molar-refractivity contribution < 1.29 is 13.9 Å². The SMILES string of the molecule is COc1ccc(C(=O)Nc2ccc3nc(C)oc3c2)cc1. The third-order valence-corrected chi connectivity index (χ3v) is 3.11. The molecule has 5 heteroatoms. The maximum Gasteiger partial charge on any atom is 0.255 e. The largest absolute Gasteiger partial charge is 0.497 e. The molecule has 3 rings (SSSR count). The summed E-state index contributed by atoms with van der Waals surface area (Å²) in [6.07, 6.45) is 0. The summed E-state index contributed by atoms with van der Waals surface area (Å²) < 4.78 is 10.5. The van der Waals surface area contributed by atoms with Gasteiger partial charge in [0.2, 0.25) is 0 Å². The molecule has 106 valence electrons. The van der Waals surface area contributed by atoms with Crippen molar-refractivity contribution in [3.05, 3.63) is 53.9 Å². The van der Waals surface area contributed by atoms with Crippen molar-refractivity contribution in [3.8, 4) is 5.75 Å². The number of hydrogen-bond donors (Lipinski definition) is 1. The monoisotopic (exact) mass is 282 g/mol. The molecule has 1 amide bonds. The van der Waals surface area contributed by atoms with E-state index in [-0.39, 0.29) is 5.91 Å². The molecule has 0 aliphatic rings. The van der Waals surface area contributed by atoms with Crippen LogP contribution in [0.5, 0.6) is 5.75 Å². The molecule has 5 nitrogen and oxygen atoms in total. The number of rotatable bonds is 3. The lowest BCUT2D eigenvalue weighted by molar-refractivity contribution is 0.102. The smallest absolute Gasteiger partial charge is 0.255 e. The Bertz CT molecular complexity index is 791. The van der Waals surface area contributed by atoms with E-state index in [0.29, 0.717) is 28.5 Å². The highest BCUT2D eigenvalue weighted by molar-refractivity contribution is 6.04. The molecule has 21 heavy (non-hydrogen) atoms. The first-order valence-corrected chi connectivity index (χ1v) is 6.48. The summed E-state index contributed by atoms with van der Waals surface area (Å²) in [4.78, 5) is 16.4. The van der Waals surface area contributed by atoms with Gasteiger partial charge in [0.15, 0.2) is 11.5 Å². The van der Waals surface area contributed by atoms with Gasteiger partial charge in [0.05, 0.1) is 7.11 Å². The second-order valence-electron chi connectivity index (χ2n) is 4.60. The standard InChI is InChI=1S/C16H14N2O3/c1-10-17-14-8-5-12(9-15(14)21-10)18-16(19)11-3-6-13(20-2)7-4-11/h3-9H,1-2H3,(H,18,19). The van der Waals surface area contributed by atoms with Crippen LogP contribution in [0.25, 0.3) is 11.1 Å². The van der Waals surface area contributed by atoms with Gasteiger partial charge in [-0.2, -0.15) is 0 Å². The van der Waals surface area contributed by atoms with Crippen molar-refractivity contribution in [2.75, 3.05) is 12.4 Å². The highest BCUT2D eigenvalue weighted by Crippen LogP contribution is 2.20. The zero-order valence-electron chi connectivity index (χ0n) is 11.7. The molecule has 0 saturated carbocycles. The Balaban J connectivity index is 1.81. The van der Waals surface area contributed by atoms with Crippen molar-refractivity contribution in [2.45, 2.75) is 6.92 Å². The van der Waals surface area contributed by atoms with Crippen LogP contribution >= 0.6 is 0 Å². The fraction of sp³-hybridized carbons (Fsp3) is 0.125. The Hall–Kier alpha value is -2.82. The van der Waals surface area contributed by atoms with Crippen LogP contribution in [0, 0.1) is 6.92 Å². The zero-order valence-corrected chi connectivity index (χ0v) is 11.7. The van der Waals surface area contributed by atoms with E-state index >= 15 is 0 Å². The number of nitrogens with zero attached hydrogens (tertiary/aromatic N) is 1. The van der Waals surface area contributed by atoms with Crippen LogP contribution < -0.4 is 10.1 Å². The number of methoxy groups -OCH3 is 1. The number of ether oxygens (including phenoxy) is 1. The van der Waals surface area contributed by atoms with E-state index in [1.54, 1.807) is 50.4 Å². The number of nitrogens with one attached hydrogen (secondary N) is 1. The molecule has 0 unspecified atom stereocenters. The number of carbonyl (C=O) groups excluding carboxylic acids is 1. The lowest BCUT2D eigenvalue weighted by Crippen LogP contribution is -2.11. The molecule has 0 spiro atoms. The molecule has 0 fully saturated rings. The summed E-state index contributed by atoms with van der Waals surface area (Å²) in [5.74, 6) is 1.13. The molecule has 0 radical (unpaired) electrons. The number of fused-ring (bicyclic) bond motifs is 1. The number of carbonyl (C=O) groups is 1. The summed E-state index contributed by atoms with van der Waals surface area (Å²) in [6.45, 7) is 1.79. The first kappa shape index (κ1) is 13.2. The maximum atomic E-state index is 12.2. The summed E-state index contributed by atoms with van der Waals surface area (Å²) in [5, 5.41) is 2.83. The molecular formula is C16H14N2O3. The topological polar surface area (TPSA) is 64.4 Å². The van der Waals surface area contributed by atoms with Gasteiger partial charge >= 0.3 is 0 Å². The molecule has 0 saturated heterocycles. The van der Waals surface area contributed by atoms with Gasteiger partial charge in [-0.3, -0.25) is 4.79 Å². The van der Waals surface area contributed by atoms with E-state index in [9.17, 15) is 4.79 Å². The second-order valence-corrected chi connectivity index (χ2v) is 4.60. The molecule has 1 aromatic heterocycles. The minimum Gasteiger partial charge on any atom is -0.497 e. The van der Waals surface area contributed by atoms with Crippen LogP contribution in [0.15, 0.2) is 46.9 Å². The summed E-state index contributed by atoms with van der Waals surface area (Å²) in [7, 11) is 1.59. The number of hydrogen-bond acceptors (Lipinski definition) is 4.